The van der Waals surface area contributed by atoms with Crippen molar-refractivity contribution in [2.75, 3.05) is 36.0 Å². The summed E-state index contributed by atoms with van der Waals surface area (Å²) >= 11 is 0. The third kappa shape index (κ3) is 2.64. The molecule has 3 aliphatic heterocycles. The van der Waals surface area contributed by atoms with Crippen LogP contribution >= 0.6 is 0 Å². The lowest BCUT2D eigenvalue weighted by Gasteiger charge is -2.34. The fourth-order valence-electron chi connectivity index (χ4n) is 3.63. The molecule has 2 fully saturated rings. The number of carbonyl (C=O) groups is 2. The highest BCUT2D eigenvalue weighted by Gasteiger charge is 2.35. The molecular weight excluding hydrogens is 310 g/mol. The average molecular weight is 331 g/mol. The molecule has 24 heavy (non-hydrogen) atoms. The maximum Gasteiger partial charge on any atom is 0.414 e. The van der Waals surface area contributed by atoms with E-state index in [2.05, 4.69) is 10.2 Å². The van der Waals surface area contributed by atoms with Crippen LogP contribution < -0.4 is 19.9 Å². The molecule has 128 valence electrons. The Bertz CT molecular complexity index is 678. The fraction of sp³-hybridized carbons (Fsp3) is 0.529. The smallest absolute Gasteiger partial charge is 0.414 e. The van der Waals surface area contributed by atoms with Crippen molar-refractivity contribution in [3.63, 3.8) is 0 Å². The van der Waals surface area contributed by atoms with Crippen LogP contribution in [0.25, 0.3) is 0 Å². The van der Waals surface area contributed by atoms with Crippen LogP contribution in [0, 0.1) is 0 Å². The molecule has 7 heteroatoms. The standard InChI is InChI=1S/C17H21N3O4/c1-11(21)18-8-14-9-20(17(22)24-14)12-4-5-15-16(7-12)23-10-13-3-2-6-19(13)15/h4-5,7,13-14H,2-3,6,8-10H2,1H3,(H,18,21)/t13?,14-/m0/s1. The summed E-state index contributed by atoms with van der Waals surface area (Å²) < 4.78 is 11.2. The molecule has 0 saturated carbocycles. The number of nitrogens with zero attached hydrogens (tertiary/aromatic N) is 2. The Morgan fingerprint density at radius 1 is 1.42 bits per heavy atom. The molecule has 0 aromatic heterocycles. The lowest BCUT2D eigenvalue weighted by atomic mass is 10.1. The van der Waals surface area contributed by atoms with Gasteiger partial charge in [-0.25, -0.2) is 4.79 Å². The first-order chi connectivity index (χ1) is 11.6. The highest BCUT2D eigenvalue weighted by atomic mass is 16.6. The van der Waals surface area contributed by atoms with Gasteiger partial charge < -0.3 is 19.7 Å². The zero-order valence-corrected chi connectivity index (χ0v) is 13.7. The Morgan fingerprint density at radius 2 is 2.29 bits per heavy atom. The number of ether oxygens (including phenoxy) is 2. The number of nitrogens with one attached hydrogen (secondary N) is 1. The van der Waals surface area contributed by atoms with E-state index in [1.54, 1.807) is 4.90 Å². The van der Waals surface area contributed by atoms with Gasteiger partial charge in [-0.3, -0.25) is 9.69 Å². The van der Waals surface area contributed by atoms with Crippen molar-refractivity contribution >= 4 is 23.4 Å². The zero-order valence-electron chi connectivity index (χ0n) is 13.7. The van der Waals surface area contributed by atoms with E-state index in [0.29, 0.717) is 25.7 Å². The van der Waals surface area contributed by atoms with E-state index in [9.17, 15) is 9.59 Å². The van der Waals surface area contributed by atoms with Crippen molar-refractivity contribution in [1.82, 2.24) is 5.32 Å². The summed E-state index contributed by atoms with van der Waals surface area (Å²) in [7, 11) is 0. The molecule has 2 saturated heterocycles. The number of cyclic esters (lactones) is 1. The number of benzene rings is 1. The summed E-state index contributed by atoms with van der Waals surface area (Å²) in [6.45, 7) is 3.96. The summed E-state index contributed by atoms with van der Waals surface area (Å²) in [6.07, 6.45) is 1.64. The number of hydrogen-bond acceptors (Lipinski definition) is 5. The van der Waals surface area contributed by atoms with Crippen molar-refractivity contribution in [3.8, 4) is 5.75 Å². The van der Waals surface area contributed by atoms with Crippen LogP contribution in [-0.4, -0.2) is 50.4 Å². The monoisotopic (exact) mass is 331 g/mol. The van der Waals surface area contributed by atoms with Crippen LogP contribution in [0.1, 0.15) is 19.8 Å². The molecule has 4 rings (SSSR count). The normalized spacial score (nSPS) is 25.0. The minimum Gasteiger partial charge on any atom is -0.489 e. The molecule has 2 amide bonds. The van der Waals surface area contributed by atoms with Gasteiger partial charge in [-0.05, 0) is 25.0 Å². The molecule has 1 aromatic rings. The Kier molecular flexibility index (Phi) is 3.70. The maximum atomic E-state index is 12.1. The number of fused-ring (bicyclic) bond motifs is 3. The van der Waals surface area contributed by atoms with Gasteiger partial charge in [-0.2, -0.15) is 0 Å². The number of hydrogen-bond donors (Lipinski definition) is 1. The van der Waals surface area contributed by atoms with Crippen molar-refractivity contribution in [3.05, 3.63) is 18.2 Å². The Hall–Kier alpha value is -2.44. The number of anilines is 2. The van der Waals surface area contributed by atoms with E-state index < -0.39 is 0 Å². The molecule has 1 aromatic carbocycles. The van der Waals surface area contributed by atoms with Gasteiger partial charge in [0.05, 0.1) is 30.5 Å². The minimum atomic E-state index is -0.389. The van der Waals surface area contributed by atoms with E-state index in [4.69, 9.17) is 9.47 Å². The summed E-state index contributed by atoms with van der Waals surface area (Å²) in [5.41, 5.74) is 1.87. The number of amides is 2. The Morgan fingerprint density at radius 3 is 3.12 bits per heavy atom. The second-order valence-corrected chi connectivity index (χ2v) is 6.51. The van der Waals surface area contributed by atoms with Crippen molar-refractivity contribution < 1.29 is 19.1 Å². The Labute approximate surface area is 140 Å². The minimum absolute atomic E-state index is 0.133. The molecule has 7 nitrogen and oxygen atoms in total. The van der Waals surface area contributed by atoms with Crippen molar-refractivity contribution in [1.29, 1.82) is 0 Å². The van der Waals surface area contributed by atoms with Gasteiger partial charge in [-0.1, -0.05) is 0 Å². The van der Waals surface area contributed by atoms with Gasteiger partial charge >= 0.3 is 6.09 Å². The number of carbonyl (C=O) groups excluding carboxylic acids is 2. The van der Waals surface area contributed by atoms with Crippen LogP contribution in [0.4, 0.5) is 16.2 Å². The van der Waals surface area contributed by atoms with E-state index in [1.165, 1.54) is 19.8 Å². The topological polar surface area (TPSA) is 71.1 Å². The van der Waals surface area contributed by atoms with Crippen molar-refractivity contribution in [2.24, 2.45) is 0 Å². The first kappa shape index (κ1) is 15.1. The molecule has 3 heterocycles. The summed E-state index contributed by atoms with van der Waals surface area (Å²) in [4.78, 5) is 27.1. The highest BCUT2D eigenvalue weighted by molar-refractivity contribution is 5.90. The van der Waals surface area contributed by atoms with Gasteiger partial charge in [0.25, 0.3) is 0 Å². The molecule has 0 aliphatic carbocycles. The predicted octanol–water partition coefficient (Wildman–Crippen LogP) is 1.51. The third-order valence-corrected chi connectivity index (χ3v) is 4.83. The lowest BCUT2D eigenvalue weighted by Crippen LogP contribution is -2.38. The van der Waals surface area contributed by atoms with Crippen LogP contribution in [0.3, 0.4) is 0 Å². The van der Waals surface area contributed by atoms with Gasteiger partial charge in [0.2, 0.25) is 5.91 Å². The third-order valence-electron chi connectivity index (χ3n) is 4.83. The number of rotatable bonds is 3. The van der Waals surface area contributed by atoms with Gasteiger partial charge in [0, 0.05) is 19.5 Å². The van der Waals surface area contributed by atoms with Crippen LogP contribution in [-0.2, 0) is 9.53 Å². The molecule has 3 aliphatic rings. The molecular formula is C17H21N3O4. The molecule has 0 bridgehead atoms. The van der Waals surface area contributed by atoms with E-state index >= 15 is 0 Å². The molecule has 1 N–H and O–H groups in total. The van der Waals surface area contributed by atoms with Gasteiger partial charge in [0.15, 0.2) is 0 Å². The van der Waals surface area contributed by atoms with Gasteiger partial charge in [-0.15, -0.1) is 0 Å². The maximum absolute atomic E-state index is 12.1. The van der Waals surface area contributed by atoms with Crippen LogP contribution in [0.2, 0.25) is 0 Å². The molecule has 2 atom stereocenters. The quantitative estimate of drug-likeness (QED) is 0.909. The average Bonchev–Trinajstić information content (AvgIpc) is 3.18. The molecule has 0 radical (unpaired) electrons. The zero-order chi connectivity index (χ0) is 16.7. The lowest BCUT2D eigenvalue weighted by molar-refractivity contribution is -0.119. The first-order valence-electron chi connectivity index (χ1n) is 8.38. The predicted molar refractivity (Wildman–Crippen MR) is 88.6 cm³/mol. The molecule has 1 unspecified atom stereocenters. The van der Waals surface area contributed by atoms with E-state index in [0.717, 1.165) is 23.7 Å². The van der Waals surface area contributed by atoms with Crippen LogP contribution in [0.15, 0.2) is 18.2 Å². The second kappa shape index (κ2) is 5.89. The first-order valence-corrected chi connectivity index (χ1v) is 8.38. The summed E-state index contributed by atoms with van der Waals surface area (Å²) in [6, 6.07) is 6.34. The largest absolute Gasteiger partial charge is 0.489 e. The second-order valence-electron chi connectivity index (χ2n) is 6.51. The SMILES string of the molecule is CC(=O)NC[C@H]1CN(c2ccc3c(c2)OCC2CCCN32)C(=O)O1. The van der Waals surface area contributed by atoms with Crippen LogP contribution in [0.5, 0.6) is 5.75 Å². The van der Waals surface area contributed by atoms with Crippen molar-refractivity contribution in [2.45, 2.75) is 31.9 Å². The fourth-order valence-corrected chi connectivity index (χ4v) is 3.63. The van der Waals surface area contributed by atoms with E-state index in [1.807, 2.05) is 18.2 Å². The Balaban J connectivity index is 1.51. The van der Waals surface area contributed by atoms with E-state index in [-0.39, 0.29) is 18.1 Å². The summed E-state index contributed by atoms with van der Waals surface area (Å²) in [5, 5.41) is 2.68. The van der Waals surface area contributed by atoms with Gasteiger partial charge in [0.1, 0.15) is 18.5 Å². The highest BCUT2D eigenvalue weighted by Crippen LogP contribution is 2.40. The molecule has 0 spiro atoms. The summed E-state index contributed by atoms with van der Waals surface area (Å²) in [5.74, 6) is 0.690.